The molecule has 26 heavy (non-hydrogen) atoms. The quantitative estimate of drug-likeness (QED) is 0.693. The van der Waals surface area contributed by atoms with E-state index in [-0.39, 0.29) is 5.56 Å². The number of nitrogens with two attached hydrogens (primary N) is 1. The van der Waals surface area contributed by atoms with E-state index < -0.39 is 24.5 Å². The van der Waals surface area contributed by atoms with E-state index in [2.05, 4.69) is 4.98 Å². The number of carbonyl (C=O) groups excluding carboxylic acids is 3. The summed E-state index contributed by atoms with van der Waals surface area (Å²) in [7, 11) is 0. The van der Waals surface area contributed by atoms with Crippen molar-refractivity contribution in [1.82, 2.24) is 10.3 Å². The van der Waals surface area contributed by atoms with Gasteiger partial charge >= 0.3 is 12.0 Å². The van der Waals surface area contributed by atoms with Crippen molar-refractivity contribution in [3.05, 3.63) is 53.8 Å². The van der Waals surface area contributed by atoms with Gasteiger partial charge in [-0.2, -0.15) is 0 Å². The predicted octanol–water partition coefficient (Wildman–Crippen LogP) is 2.15. The number of nitrogens with one attached hydrogen (secondary N) is 1. The number of imide groups is 1. The Morgan fingerprint density at radius 2 is 1.96 bits per heavy atom. The smallest absolute Gasteiger partial charge is 0.339 e. The number of urea groups is 1. The highest BCUT2D eigenvalue weighted by atomic mass is 16.5. The Morgan fingerprint density at radius 3 is 2.65 bits per heavy atom. The number of para-hydroxylation sites is 1. The van der Waals surface area contributed by atoms with Crippen LogP contribution in [0.15, 0.2) is 46.9 Å². The molecule has 3 rings (SSSR count). The number of benzene rings is 1. The second-order valence-electron chi connectivity index (χ2n) is 5.47. The van der Waals surface area contributed by atoms with Crippen LogP contribution in [0.5, 0.6) is 0 Å². The maximum atomic E-state index is 12.5. The Morgan fingerprint density at radius 1 is 1.19 bits per heavy atom. The molecule has 0 spiro atoms. The van der Waals surface area contributed by atoms with Crippen LogP contribution in [0, 0.1) is 6.92 Å². The first-order chi connectivity index (χ1) is 12.4. The molecule has 0 saturated heterocycles. The van der Waals surface area contributed by atoms with Crippen LogP contribution in [0.4, 0.5) is 4.79 Å². The van der Waals surface area contributed by atoms with E-state index in [0.29, 0.717) is 28.1 Å². The monoisotopic (exact) mass is 353 g/mol. The van der Waals surface area contributed by atoms with E-state index in [1.807, 2.05) is 5.32 Å². The first-order valence-corrected chi connectivity index (χ1v) is 7.67. The average Bonchev–Trinajstić information content (AvgIpc) is 3.04. The van der Waals surface area contributed by atoms with Gasteiger partial charge in [-0.05, 0) is 31.2 Å². The fourth-order valence-electron chi connectivity index (χ4n) is 2.43. The molecule has 0 aliphatic carbocycles. The lowest BCUT2D eigenvalue weighted by Gasteiger charge is -2.09. The minimum absolute atomic E-state index is 0.228. The van der Waals surface area contributed by atoms with Crippen LogP contribution in [0.1, 0.15) is 16.1 Å². The number of esters is 1. The molecule has 0 atom stereocenters. The van der Waals surface area contributed by atoms with Crippen molar-refractivity contribution >= 4 is 28.8 Å². The molecule has 0 aliphatic heterocycles. The highest BCUT2D eigenvalue weighted by molar-refractivity contribution is 6.05. The number of pyridine rings is 1. The molecule has 0 bridgehead atoms. The average molecular weight is 353 g/mol. The van der Waals surface area contributed by atoms with Crippen LogP contribution < -0.4 is 11.1 Å². The molecule has 0 unspecified atom stereocenters. The summed E-state index contributed by atoms with van der Waals surface area (Å²) in [4.78, 5) is 39.0. The van der Waals surface area contributed by atoms with E-state index >= 15 is 0 Å². The van der Waals surface area contributed by atoms with Gasteiger partial charge in [-0.15, -0.1) is 0 Å². The van der Waals surface area contributed by atoms with E-state index in [0.717, 1.165) is 0 Å². The minimum atomic E-state index is -1.02. The summed E-state index contributed by atoms with van der Waals surface area (Å²) in [6.07, 6.45) is 0. The van der Waals surface area contributed by atoms with Gasteiger partial charge in [-0.3, -0.25) is 10.1 Å². The predicted molar refractivity (Wildman–Crippen MR) is 92.2 cm³/mol. The highest BCUT2D eigenvalue weighted by Gasteiger charge is 2.18. The Balaban J connectivity index is 1.94. The van der Waals surface area contributed by atoms with Gasteiger partial charge in [0.1, 0.15) is 11.5 Å². The first-order valence-electron chi connectivity index (χ1n) is 7.67. The van der Waals surface area contributed by atoms with Crippen LogP contribution in [0.2, 0.25) is 0 Å². The molecular weight excluding hydrogens is 338 g/mol. The summed E-state index contributed by atoms with van der Waals surface area (Å²) >= 11 is 0. The number of hydrogen-bond acceptors (Lipinski definition) is 6. The van der Waals surface area contributed by atoms with Crippen LogP contribution in [0.25, 0.3) is 22.4 Å². The number of primary amides is 1. The molecule has 3 N–H and O–H groups in total. The standard InChI is InChI=1S/C18H15N3O5/c1-10-6-7-15(26-10)14-8-12(11-4-2-3-5-13(11)20-14)17(23)25-9-16(22)21-18(19)24/h2-8H,9H2,1H3,(H3,19,21,22,24). The number of rotatable bonds is 4. The SMILES string of the molecule is Cc1ccc(-c2cc(C(=O)OCC(=O)NC(N)=O)c3ccccc3n2)o1. The molecule has 0 fully saturated rings. The van der Waals surface area contributed by atoms with Gasteiger partial charge in [0, 0.05) is 5.39 Å². The molecule has 2 heterocycles. The maximum absolute atomic E-state index is 12.5. The number of aromatic nitrogens is 1. The zero-order chi connectivity index (χ0) is 18.7. The molecule has 0 saturated carbocycles. The van der Waals surface area contributed by atoms with Crippen molar-refractivity contribution in [3.63, 3.8) is 0 Å². The van der Waals surface area contributed by atoms with Crippen LogP contribution in [0.3, 0.4) is 0 Å². The minimum Gasteiger partial charge on any atom is -0.460 e. The number of carbonyl (C=O) groups is 3. The van der Waals surface area contributed by atoms with Gasteiger partial charge in [-0.25, -0.2) is 14.6 Å². The van der Waals surface area contributed by atoms with E-state index in [1.165, 1.54) is 6.07 Å². The summed E-state index contributed by atoms with van der Waals surface area (Å²) in [5, 5.41) is 2.39. The van der Waals surface area contributed by atoms with Crippen LogP contribution in [-0.2, 0) is 9.53 Å². The molecule has 2 aromatic heterocycles. The number of amides is 3. The summed E-state index contributed by atoms with van der Waals surface area (Å²) in [5.74, 6) is -0.324. The van der Waals surface area contributed by atoms with Gasteiger partial charge in [0.2, 0.25) is 0 Å². The molecular formula is C18H15N3O5. The summed E-state index contributed by atoms with van der Waals surface area (Å²) < 4.78 is 10.5. The lowest BCUT2D eigenvalue weighted by molar-refractivity contribution is -0.123. The number of fused-ring (bicyclic) bond motifs is 1. The fraction of sp³-hybridized carbons (Fsp3) is 0.111. The van der Waals surface area contributed by atoms with Crippen molar-refractivity contribution in [3.8, 4) is 11.5 Å². The van der Waals surface area contributed by atoms with Crippen LogP contribution >= 0.6 is 0 Å². The Labute approximate surface area is 147 Å². The number of hydrogen-bond donors (Lipinski definition) is 2. The van der Waals surface area contributed by atoms with Crippen molar-refractivity contribution in [2.75, 3.05) is 6.61 Å². The molecule has 3 aromatic rings. The molecule has 132 valence electrons. The molecule has 0 radical (unpaired) electrons. The number of ether oxygens (including phenoxy) is 1. The fourth-order valence-corrected chi connectivity index (χ4v) is 2.43. The number of aryl methyl sites for hydroxylation is 1. The van der Waals surface area contributed by atoms with E-state index in [9.17, 15) is 14.4 Å². The molecule has 0 aliphatic rings. The van der Waals surface area contributed by atoms with Gasteiger partial charge in [0.05, 0.1) is 11.1 Å². The zero-order valence-electron chi connectivity index (χ0n) is 13.8. The molecule has 8 heteroatoms. The third-order valence-corrected chi connectivity index (χ3v) is 3.53. The van der Waals surface area contributed by atoms with E-state index in [1.54, 1.807) is 43.3 Å². The summed E-state index contributed by atoms with van der Waals surface area (Å²) in [6.45, 7) is 1.17. The lowest BCUT2D eigenvalue weighted by atomic mass is 10.1. The Bertz CT molecular complexity index is 1010. The van der Waals surface area contributed by atoms with Gasteiger partial charge in [0.25, 0.3) is 5.91 Å². The van der Waals surface area contributed by atoms with Crippen molar-refractivity contribution < 1.29 is 23.5 Å². The normalized spacial score (nSPS) is 10.5. The van der Waals surface area contributed by atoms with Crippen molar-refractivity contribution in [2.45, 2.75) is 6.92 Å². The van der Waals surface area contributed by atoms with Crippen molar-refractivity contribution in [1.29, 1.82) is 0 Å². The molecule has 1 aromatic carbocycles. The summed E-state index contributed by atoms with van der Waals surface area (Å²) in [5.41, 5.74) is 6.11. The lowest BCUT2D eigenvalue weighted by Crippen LogP contribution is -2.37. The maximum Gasteiger partial charge on any atom is 0.339 e. The van der Waals surface area contributed by atoms with Crippen LogP contribution in [-0.4, -0.2) is 29.5 Å². The topological polar surface area (TPSA) is 125 Å². The number of furan rings is 1. The Kier molecular flexibility index (Phi) is 4.66. The van der Waals surface area contributed by atoms with Crippen molar-refractivity contribution in [2.24, 2.45) is 5.73 Å². The third kappa shape index (κ3) is 3.69. The number of nitrogens with zero attached hydrogens (tertiary/aromatic N) is 1. The second kappa shape index (κ2) is 7.06. The summed E-state index contributed by atoms with van der Waals surface area (Å²) in [6, 6.07) is 11.1. The molecule has 3 amide bonds. The van der Waals surface area contributed by atoms with E-state index in [4.69, 9.17) is 14.9 Å². The largest absolute Gasteiger partial charge is 0.460 e. The van der Waals surface area contributed by atoms with Gasteiger partial charge < -0.3 is 14.9 Å². The van der Waals surface area contributed by atoms with Gasteiger partial charge in [-0.1, -0.05) is 18.2 Å². The Hall–Kier alpha value is -3.68. The second-order valence-corrected chi connectivity index (χ2v) is 5.47. The first kappa shape index (κ1) is 17.2. The van der Waals surface area contributed by atoms with Gasteiger partial charge in [0.15, 0.2) is 12.4 Å². The molecule has 8 nitrogen and oxygen atoms in total. The zero-order valence-corrected chi connectivity index (χ0v) is 13.8. The highest BCUT2D eigenvalue weighted by Crippen LogP contribution is 2.26. The third-order valence-electron chi connectivity index (χ3n) is 3.53.